The highest BCUT2D eigenvalue weighted by Gasteiger charge is 2.25. The van der Waals surface area contributed by atoms with Crippen LogP contribution >= 0.6 is 0 Å². The first-order chi connectivity index (χ1) is 15.1. The Balaban J connectivity index is 1.53. The molecule has 1 aliphatic rings. The van der Waals surface area contributed by atoms with Gasteiger partial charge in [0.2, 0.25) is 0 Å². The van der Waals surface area contributed by atoms with Crippen LogP contribution in [0.5, 0.6) is 5.75 Å². The lowest BCUT2D eigenvalue weighted by Gasteiger charge is -2.17. The molecular formula is C27H28O4. The molecule has 160 valence electrons. The Kier molecular flexibility index (Phi) is 6.38. The van der Waals surface area contributed by atoms with Gasteiger partial charge in [0, 0.05) is 0 Å². The van der Waals surface area contributed by atoms with Gasteiger partial charge < -0.3 is 14.9 Å². The maximum Gasteiger partial charge on any atom is 0.335 e. The van der Waals surface area contributed by atoms with Gasteiger partial charge in [0.05, 0.1) is 19.3 Å². The van der Waals surface area contributed by atoms with Gasteiger partial charge in [0.1, 0.15) is 5.75 Å². The maximum absolute atomic E-state index is 11.1. The summed E-state index contributed by atoms with van der Waals surface area (Å²) in [7, 11) is 1.66. The van der Waals surface area contributed by atoms with Gasteiger partial charge in [-0.2, -0.15) is 0 Å². The summed E-state index contributed by atoms with van der Waals surface area (Å²) in [5.41, 5.74) is 7.84. The van der Waals surface area contributed by atoms with Crippen molar-refractivity contribution in [1.29, 1.82) is 0 Å². The SMILES string of the molecule is COc1cc(CO)cc(CC2CCc3cccc(CCc4ccc(C(=O)O)cc4)c32)c1. The summed E-state index contributed by atoms with van der Waals surface area (Å²) in [6.07, 6.45) is 4.98. The van der Waals surface area contributed by atoms with Crippen molar-refractivity contribution in [3.63, 3.8) is 0 Å². The number of hydrogen-bond donors (Lipinski definition) is 2. The van der Waals surface area contributed by atoms with E-state index in [1.165, 1.54) is 22.3 Å². The first-order valence-electron chi connectivity index (χ1n) is 10.8. The fraction of sp³-hybridized carbons (Fsp3) is 0.296. The minimum Gasteiger partial charge on any atom is -0.497 e. The molecule has 4 rings (SSSR count). The van der Waals surface area contributed by atoms with E-state index in [-0.39, 0.29) is 6.61 Å². The molecule has 1 unspecified atom stereocenters. The quantitative estimate of drug-likeness (QED) is 0.546. The number of carboxylic acids is 1. The van der Waals surface area contributed by atoms with E-state index < -0.39 is 5.97 Å². The molecular weight excluding hydrogens is 388 g/mol. The number of hydrogen-bond acceptors (Lipinski definition) is 3. The largest absolute Gasteiger partial charge is 0.497 e. The fourth-order valence-corrected chi connectivity index (χ4v) is 4.74. The summed E-state index contributed by atoms with van der Waals surface area (Å²) in [4.78, 5) is 11.1. The summed E-state index contributed by atoms with van der Waals surface area (Å²) in [5, 5.41) is 18.7. The van der Waals surface area contributed by atoms with Crippen molar-refractivity contribution < 1.29 is 19.7 Å². The van der Waals surface area contributed by atoms with Crippen LogP contribution in [0.2, 0.25) is 0 Å². The molecule has 0 heterocycles. The van der Waals surface area contributed by atoms with Gasteiger partial charge >= 0.3 is 5.97 Å². The van der Waals surface area contributed by atoms with Gasteiger partial charge in [-0.3, -0.25) is 0 Å². The van der Waals surface area contributed by atoms with Crippen molar-refractivity contribution in [2.75, 3.05) is 7.11 Å². The van der Waals surface area contributed by atoms with Crippen LogP contribution in [-0.4, -0.2) is 23.3 Å². The first-order valence-corrected chi connectivity index (χ1v) is 10.8. The van der Waals surface area contributed by atoms with Crippen molar-refractivity contribution >= 4 is 5.97 Å². The van der Waals surface area contributed by atoms with Crippen LogP contribution in [0.25, 0.3) is 0 Å². The van der Waals surface area contributed by atoms with Crippen LogP contribution in [0.4, 0.5) is 0 Å². The summed E-state index contributed by atoms with van der Waals surface area (Å²) in [6, 6.07) is 19.8. The number of carboxylic acid groups (broad SMARTS) is 1. The number of aliphatic hydroxyl groups is 1. The predicted octanol–water partition coefficient (Wildman–Crippen LogP) is 4.94. The molecule has 3 aromatic carbocycles. The average Bonchev–Trinajstić information content (AvgIpc) is 3.21. The van der Waals surface area contributed by atoms with E-state index in [1.807, 2.05) is 18.2 Å². The molecule has 4 nitrogen and oxygen atoms in total. The molecule has 0 bridgehead atoms. The molecule has 0 radical (unpaired) electrons. The third-order valence-electron chi connectivity index (χ3n) is 6.27. The smallest absolute Gasteiger partial charge is 0.335 e. The maximum atomic E-state index is 11.1. The van der Waals surface area contributed by atoms with Crippen molar-refractivity contribution in [2.45, 2.75) is 44.6 Å². The Morgan fingerprint density at radius 2 is 1.77 bits per heavy atom. The number of aliphatic hydroxyl groups excluding tert-OH is 1. The van der Waals surface area contributed by atoms with E-state index in [2.05, 4.69) is 30.3 Å². The highest BCUT2D eigenvalue weighted by atomic mass is 16.5. The van der Waals surface area contributed by atoms with E-state index >= 15 is 0 Å². The molecule has 1 atom stereocenters. The van der Waals surface area contributed by atoms with Crippen LogP contribution in [0.1, 0.15) is 56.1 Å². The molecule has 4 heteroatoms. The topological polar surface area (TPSA) is 66.8 Å². The zero-order valence-corrected chi connectivity index (χ0v) is 17.8. The van der Waals surface area contributed by atoms with Gasteiger partial charge in [-0.15, -0.1) is 0 Å². The lowest BCUT2D eigenvalue weighted by molar-refractivity contribution is 0.0697. The molecule has 2 N–H and O–H groups in total. The normalized spacial score (nSPS) is 15.0. The van der Waals surface area contributed by atoms with Gasteiger partial charge in [-0.1, -0.05) is 36.4 Å². The molecule has 0 spiro atoms. The summed E-state index contributed by atoms with van der Waals surface area (Å²) in [6.45, 7) is 0.0113. The molecule has 1 aliphatic carbocycles. The van der Waals surface area contributed by atoms with Crippen molar-refractivity contribution in [3.05, 3.63) is 99.6 Å². The zero-order valence-electron chi connectivity index (χ0n) is 17.8. The monoisotopic (exact) mass is 416 g/mol. The number of ether oxygens (including phenoxy) is 1. The second-order valence-corrected chi connectivity index (χ2v) is 8.28. The number of rotatable bonds is 8. The van der Waals surface area contributed by atoms with E-state index in [0.717, 1.165) is 49.0 Å². The summed E-state index contributed by atoms with van der Waals surface area (Å²) < 4.78 is 5.42. The molecule has 0 aliphatic heterocycles. The highest BCUT2D eigenvalue weighted by Crippen LogP contribution is 2.39. The fourth-order valence-electron chi connectivity index (χ4n) is 4.74. The van der Waals surface area contributed by atoms with Gasteiger partial charge in [0.15, 0.2) is 0 Å². The summed E-state index contributed by atoms with van der Waals surface area (Å²) >= 11 is 0. The Labute approximate surface area is 183 Å². The highest BCUT2D eigenvalue weighted by molar-refractivity contribution is 5.87. The third-order valence-corrected chi connectivity index (χ3v) is 6.27. The number of benzene rings is 3. The predicted molar refractivity (Wildman–Crippen MR) is 121 cm³/mol. The van der Waals surface area contributed by atoms with E-state index in [9.17, 15) is 9.90 Å². The number of carbonyl (C=O) groups is 1. The Morgan fingerprint density at radius 1 is 1.00 bits per heavy atom. The van der Waals surface area contributed by atoms with Crippen molar-refractivity contribution in [3.8, 4) is 5.75 Å². The molecule has 3 aromatic rings. The van der Waals surface area contributed by atoms with Crippen molar-refractivity contribution in [2.24, 2.45) is 0 Å². The number of aryl methyl sites for hydroxylation is 3. The molecule has 0 aromatic heterocycles. The lowest BCUT2D eigenvalue weighted by Crippen LogP contribution is -2.05. The van der Waals surface area contributed by atoms with Crippen molar-refractivity contribution in [1.82, 2.24) is 0 Å². The Bertz CT molecular complexity index is 1050. The van der Waals surface area contributed by atoms with E-state index in [4.69, 9.17) is 9.84 Å². The molecule has 31 heavy (non-hydrogen) atoms. The Morgan fingerprint density at radius 3 is 2.48 bits per heavy atom. The molecule has 0 saturated carbocycles. The average molecular weight is 417 g/mol. The summed E-state index contributed by atoms with van der Waals surface area (Å²) in [5.74, 6) is 0.356. The van der Waals surface area contributed by atoms with Crippen LogP contribution < -0.4 is 4.74 Å². The van der Waals surface area contributed by atoms with Crippen LogP contribution in [-0.2, 0) is 32.3 Å². The number of fused-ring (bicyclic) bond motifs is 1. The van der Waals surface area contributed by atoms with Gasteiger partial charge in [0.25, 0.3) is 0 Å². The zero-order chi connectivity index (χ0) is 21.8. The molecule has 0 saturated heterocycles. The van der Waals surface area contributed by atoms with Gasteiger partial charge in [-0.05, 0) is 95.7 Å². The molecule has 0 fully saturated rings. The second kappa shape index (κ2) is 9.36. The number of methoxy groups -OCH3 is 1. The minimum atomic E-state index is -0.892. The Hall–Kier alpha value is -3.11. The third kappa shape index (κ3) is 4.80. The van der Waals surface area contributed by atoms with Crippen LogP contribution in [0, 0.1) is 0 Å². The molecule has 0 amide bonds. The first kappa shape index (κ1) is 21.1. The van der Waals surface area contributed by atoms with E-state index in [0.29, 0.717) is 11.5 Å². The lowest BCUT2D eigenvalue weighted by atomic mass is 9.88. The van der Waals surface area contributed by atoms with Gasteiger partial charge in [-0.25, -0.2) is 4.79 Å². The van der Waals surface area contributed by atoms with Crippen LogP contribution in [0.3, 0.4) is 0 Å². The number of aromatic carboxylic acids is 1. The van der Waals surface area contributed by atoms with E-state index in [1.54, 1.807) is 19.2 Å². The van der Waals surface area contributed by atoms with Crippen LogP contribution in [0.15, 0.2) is 60.7 Å². The minimum absolute atomic E-state index is 0.0113. The standard InChI is InChI=1S/C27H28O4/c1-31-25-15-19(13-20(16-25)17-28)14-24-12-11-22-4-2-3-21(26(22)24)8-5-18-6-9-23(10-7-18)27(29)30/h2-4,6-7,9-10,13,15-16,24,28H,5,8,11-12,14,17H2,1H3,(H,29,30). The second-order valence-electron chi connectivity index (χ2n) is 8.28.